The van der Waals surface area contributed by atoms with Gasteiger partial charge in [-0.2, -0.15) is 18.2 Å². The number of anilines is 1. The second-order valence-corrected chi connectivity index (χ2v) is 5.51. The van der Waals surface area contributed by atoms with Gasteiger partial charge in [0.2, 0.25) is 11.8 Å². The molecule has 0 aromatic carbocycles. The summed E-state index contributed by atoms with van der Waals surface area (Å²) in [5, 5.41) is 6.67. The molecule has 0 bridgehead atoms. The minimum atomic E-state index is -4.53. The van der Waals surface area contributed by atoms with Gasteiger partial charge < -0.3 is 14.6 Å². The van der Waals surface area contributed by atoms with Gasteiger partial charge in [-0.15, -0.1) is 0 Å². The maximum atomic E-state index is 12.8. The minimum Gasteiger partial charge on any atom is -0.381 e. The number of aromatic nitrogens is 4. The number of hydrogen-bond donors (Lipinski definition) is 1. The van der Waals surface area contributed by atoms with Crippen LogP contribution in [0.3, 0.4) is 0 Å². The first kappa shape index (κ1) is 16.6. The van der Waals surface area contributed by atoms with Gasteiger partial charge in [0.25, 0.3) is 0 Å². The van der Waals surface area contributed by atoms with Crippen molar-refractivity contribution in [2.75, 3.05) is 18.5 Å². The Balaban J connectivity index is 1.86. The third-order valence-electron chi connectivity index (χ3n) is 3.78. The van der Waals surface area contributed by atoms with Crippen LogP contribution < -0.4 is 5.32 Å². The Morgan fingerprint density at radius 1 is 1.25 bits per heavy atom. The highest BCUT2D eigenvalue weighted by molar-refractivity contribution is 5.29. The van der Waals surface area contributed by atoms with Crippen LogP contribution in [0, 0.1) is 12.8 Å². The van der Waals surface area contributed by atoms with E-state index in [1.807, 2.05) is 0 Å². The molecule has 1 fully saturated rings. The molecule has 130 valence electrons. The number of alkyl halides is 3. The SMILES string of the molecule is Cc1noc(C(Nc2nccc(C(F)(F)F)n2)C2CCOCC2)n1. The lowest BCUT2D eigenvalue weighted by Crippen LogP contribution is -2.28. The third kappa shape index (κ3) is 3.81. The molecule has 0 amide bonds. The van der Waals surface area contributed by atoms with Crippen LogP contribution >= 0.6 is 0 Å². The van der Waals surface area contributed by atoms with Crippen molar-refractivity contribution in [2.24, 2.45) is 5.92 Å². The molecule has 7 nitrogen and oxygen atoms in total. The van der Waals surface area contributed by atoms with Crippen LogP contribution in [0.5, 0.6) is 0 Å². The van der Waals surface area contributed by atoms with Crippen molar-refractivity contribution in [1.29, 1.82) is 0 Å². The number of ether oxygens (including phenoxy) is 1. The smallest absolute Gasteiger partial charge is 0.381 e. The van der Waals surface area contributed by atoms with Gasteiger partial charge in [0.15, 0.2) is 5.82 Å². The first-order valence-corrected chi connectivity index (χ1v) is 7.48. The summed E-state index contributed by atoms with van der Waals surface area (Å²) in [7, 11) is 0. The van der Waals surface area contributed by atoms with Gasteiger partial charge >= 0.3 is 6.18 Å². The molecule has 1 saturated heterocycles. The summed E-state index contributed by atoms with van der Waals surface area (Å²) in [6, 6.07) is 0.351. The Morgan fingerprint density at radius 2 is 2.00 bits per heavy atom. The fourth-order valence-electron chi connectivity index (χ4n) is 2.60. The van der Waals surface area contributed by atoms with Crippen molar-refractivity contribution in [2.45, 2.75) is 32.0 Å². The average molecular weight is 343 g/mol. The number of aryl methyl sites for hydroxylation is 1. The molecular weight excluding hydrogens is 327 g/mol. The van der Waals surface area contributed by atoms with Crippen LogP contribution in [0.15, 0.2) is 16.8 Å². The largest absolute Gasteiger partial charge is 0.433 e. The van der Waals surface area contributed by atoms with Crippen LogP contribution in [-0.2, 0) is 10.9 Å². The molecule has 3 heterocycles. The van der Waals surface area contributed by atoms with Crippen molar-refractivity contribution in [3.63, 3.8) is 0 Å². The quantitative estimate of drug-likeness (QED) is 0.913. The van der Waals surface area contributed by atoms with E-state index in [2.05, 4.69) is 25.4 Å². The molecule has 0 saturated carbocycles. The summed E-state index contributed by atoms with van der Waals surface area (Å²) in [5.74, 6) is 0.697. The summed E-state index contributed by atoms with van der Waals surface area (Å²) in [6.07, 6.45) is -2.02. The Kier molecular flexibility index (Phi) is 4.65. The maximum Gasteiger partial charge on any atom is 0.433 e. The molecule has 1 N–H and O–H groups in total. The molecule has 24 heavy (non-hydrogen) atoms. The van der Waals surface area contributed by atoms with E-state index in [1.165, 1.54) is 0 Å². The van der Waals surface area contributed by atoms with E-state index in [0.717, 1.165) is 25.1 Å². The van der Waals surface area contributed by atoms with E-state index in [0.29, 0.717) is 24.9 Å². The van der Waals surface area contributed by atoms with Crippen LogP contribution in [0.1, 0.15) is 36.3 Å². The van der Waals surface area contributed by atoms with Crippen molar-refractivity contribution < 1.29 is 22.4 Å². The zero-order valence-corrected chi connectivity index (χ0v) is 12.9. The van der Waals surface area contributed by atoms with Crippen molar-refractivity contribution >= 4 is 5.95 Å². The Bertz CT molecular complexity index is 685. The third-order valence-corrected chi connectivity index (χ3v) is 3.78. The molecule has 1 unspecified atom stereocenters. The van der Waals surface area contributed by atoms with Crippen LogP contribution in [0.2, 0.25) is 0 Å². The Labute approximate surface area is 135 Å². The zero-order chi connectivity index (χ0) is 17.2. The predicted molar refractivity (Wildman–Crippen MR) is 76.0 cm³/mol. The topological polar surface area (TPSA) is 86.0 Å². The fourth-order valence-corrected chi connectivity index (χ4v) is 2.60. The van der Waals surface area contributed by atoms with Gasteiger partial charge in [0, 0.05) is 19.4 Å². The maximum absolute atomic E-state index is 12.8. The Hall–Kier alpha value is -2.23. The summed E-state index contributed by atoms with van der Waals surface area (Å²) in [4.78, 5) is 11.6. The molecular formula is C14H16F3N5O2. The molecule has 0 radical (unpaired) electrons. The Morgan fingerprint density at radius 3 is 2.62 bits per heavy atom. The van der Waals surface area contributed by atoms with Gasteiger partial charge in [-0.1, -0.05) is 5.16 Å². The van der Waals surface area contributed by atoms with E-state index in [9.17, 15) is 13.2 Å². The second-order valence-electron chi connectivity index (χ2n) is 5.51. The highest BCUT2D eigenvalue weighted by atomic mass is 19.4. The van der Waals surface area contributed by atoms with Crippen molar-refractivity contribution in [3.8, 4) is 0 Å². The second kappa shape index (κ2) is 6.71. The van der Waals surface area contributed by atoms with Gasteiger partial charge in [-0.25, -0.2) is 9.97 Å². The van der Waals surface area contributed by atoms with Gasteiger partial charge in [0.05, 0.1) is 0 Å². The van der Waals surface area contributed by atoms with Crippen LogP contribution in [-0.4, -0.2) is 33.3 Å². The molecule has 3 rings (SSSR count). The number of rotatable bonds is 4. The molecule has 1 atom stereocenters. The molecule has 1 aliphatic heterocycles. The fraction of sp³-hybridized carbons (Fsp3) is 0.571. The summed E-state index contributed by atoms with van der Waals surface area (Å²) in [6.45, 7) is 2.81. The summed E-state index contributed by atoms with van der Waals surface area (Å²) >= 11 is 0. The molecule has 10 heteroatoms. The molecule has 2 aromatic heterocycles. The lowest BCUT2D eigenvalue weighted by Gasteiger charge is -2.28. The highest BCUT2D eigenvalue weighted by Gasteiger charge is 2.34. The molecule has 2 aromatic rings. The molecule has 0 spiro atoms. The zero-order valence-electron chi connectivity index (χ0n) is 12.9. The van der Waals surface area contributed by atoms with Crippen molar-refractivity contribution in [3.05, 3.63) is 29.7 Å². The molecule has 1 aliphatic rings. The predicted octanol–water partition coefficient (Wildman–Crippen LogP) is 2.77. The van der Waals surface area contributed by atoms with Crippen LogP contribution in [0.25, 0.3) is 0 Å². The molecule has 0 aliphatic carbocycles. The average Bonchev–Trinajstić information content (AvgIpc) is 2.99. The number of hydrogen-bond acceptors (Lipinski definition) is 7. The lowest BCUT2D eigenvalue weighted by atomic mass is 9.91. The van der Waals surface area contributed by atoms with E-state index in [1.54, 1.807) is 6.92 Å². The summed E-state index contributed by atoms with van der Waals surface area (Å²) < 4.78 is 49.0. The highest BCUT2D eigenvalue weighted by Crippen LogP contribution is 2.33. The first-order valence-electron chi connectivity index (χ1n) is 7.48. The van der Waals surface area contributed by atoms with Crippen LogP contribution in [0.4, 0.5) is 19.1 Å². The van der Waals surface area contributed by atoms with E-state index >= 15 is 0 Å². The van der Waals surface area contributed by atoms with E-state index < -0.39 is 17.9 Å². The van der Waals surface area contributed by atoms with Gasteiger partial charge in [0.1, 0.15) is 11.7 Å². The number of nitrogens with zero attached hydrogens (tertiary/aromatic N) is 4. The van der Waals surface area contributed by atoms with Gasteiger partial charge in [-0.3, -0.25) is 0 Å². The number of halogens is 3. The van der Waals surface area contributed by atoms with E-state index in [-0.39, 0.29) is 11.9 Å². The van der Waals surface area contributed by atoms with Gasteiger partial charge in [-0.05, 0) is 31.7 Å². The first-order chi connectivity index (χ1) is 11.4. The lowest BCUT2D eigenvalue weighted by molar-refractivity contribution is -0.141. The summed E-state index contributed by atoms with van der Waals surface area (Å²) in [5.41, 5.74) is -1.01. The monoisotopic (exact) mass is 343 g/mol. The normalized spacial score (nSPS) is 17.7. The minimum absolute atomic E-state index is 0.0664. The number of nitrogens with one attached hydrogen (secondary N) is 1. The van der Waals surface area contributed by atoms with Crippen molar-refractivity contribution in [1.82, 2.24) is 20.1 Å². The standard InChI is InChI=1S/C14H16F3N5O2/c1-8-19-12(24-22-8)11(9-3-6-23-7-4-9)21-13-18-5-2-10(20-13)14(15,16)17/h2,5,9,11H,3-4,6-7H2,1H3,(H,18,20,21). The van der Waals surface area contributed by atoms with E-state index in [4.69, 9.17) is 9.26 Å².